The Hall–Kier alpha value is -0.0400. The molecule has 2 rings (SSSR count). The van der Waals surface area contributed by atoms with Gasteiger partial charge in [-0.25, -0.2) is 0 Å². The molecule has 0 radical (unpaired) electrons. The first-order chi connectivity index (χ1) is 4.16. The molecule has 2 fully saturated rings. The second-order valence-electron chi connectivity index (χ2n) is 4.07. The highest BCUT2D eigenvalue weighted by Gasteiger charge is 2.55. The molecule has 1 aliphatic heterocycles. The lowest BCUT2D eigenvalue weighted by Crippen LogP contribution is -2.59. The molecule has 1 saturated carbocycles. The minimum absolute atomic E-state index is 0.521. The summed E-state index contributed by atoms with van der Waals surface area (Å²) in [6.45, 7) is 6.01. The molecule has 0 amide bonds. The van der Waals surface area contributed by atoms with Gasteiger partial charge in [-0.2, -0.15) is 0 Å². The third kappa shape index (κ3) is 0.586. The lowest BCUT2D eigenvalue weighted by Gasteiger charge is -2.45. The molecule has 0 aromatic carbocycles. The van der Waals surface area contributed by atoms with Crippen LogP contribution in [0.4, 0.5) is 0 Å². The largest absolute Gasteiger partial charge is 0.311 e. The molecule has 2 aliphatic rings. The molecule has 1 atom stereocenters. The number of hydrogen-bond acceptors (Lipinski definition) is 1. The summed E-state index contributed by atoms with van der Waals surface area (Å²) in [5.74, 6) is 0. The van der Waals surface area contributed by atoms with E-state index in [1.807, 2.05) is 0 Å². The van der Waals surface area contributed by atoms with Crippen molar-refractivity contribution in [3.8, 4) is 0 Å². The van der Waals surface area contributed by atoms with Gasteiger partial charge in [-0.1, -0.05) is 6.92 Å². The fraction of sp³-hybridized carbons (Fsp3) is 1.00. The lowest BCUT2D eigenvalue weighted by molar-refractivity contribution is 0.134. The fourth-order valence-corrected chi connectivity index (χ4v) is 1.75. The van der Waals surface area contributed by atoms with Crippen molar-refractivity contribution in [2.24, 2.45) is 5.41 Å². The topological polar surface area (TPSA) is 12.0 Å². The summed E-state index contributed by atoms with van der Waals surface area (Å²) >= 11 is 0. The Balaban J connectivity index is 2.11. The monoisotopic (exact) mass is 125 g/mol. The van der Waals surface area contributed by atoms with E-state index in [1.165, 1.54) is 25.8 Å². The Labute approximate surface area is 56.8 Å². The zero-order valence-electron chi connectivity index (χ0n) is 6.33. The van der Waals surface area contributed by atoms with E-state index < -0.39 is 0 Å². The summed E-state index contributed by atoms with van der Waals surface area (Å²) in [6, 6.07) is 0. The van der Waals surface area contributed by atoms with Crippen molar-refractivity contribution in [1.29, 1.82) is 0 Å². The van der Waals surface area contributed by atoms with Crippen LogP contribution in [0, 0.1) is 5.41 Å². The van der Waals surface area contributed by atoms with Crippen LogP contribution in [0.5, 0.6) is 0 Å². The first kappa shape index (κ1) is 5.72. The van der Waals surface area contributed by atoms with Crippen LogP contribution >= 0.6 is 0 Å². The van der Waals surface area contributed by atoms with Gasteiger partial charge in [0.1, 0.15) is 0 Å². The molecule has 1 heterocycles. The summed E-state index contributed by atoms with van der Waals surface area (Å²) in [5.41, 5.74) is 1.19. The van der Waals surface area contributed by atoms with Crippen molar-refractivity contribution in [1.82, 2.24) is 5.32 Å². The summed E-state index contributed by atoms with van der Waals surface area (Å²) in [4.78, 5) is 0. The molecule has 52 valence electrons. The number of nitrogens with one attached hydrogen (secondary N) is 1. The molecule has 0 aromatic rings. The van der Waals surface area contributed by atoms with Crippen molar-refractivity contribution in [2.45, 2.75) is 38.6 Å². The molecule has 9 heavy (non-hydrogen) atoms. The van der Waals surface area contributed by atoms with E-state index in [0.29, 0.717) is 11.0 Å². The van der Waals surface area contributed by atoms with E-state index in [9.17, 15) is 0 Å². The third-order valence-corrected chi connectivity index (χ3v) is 3.47. The highest BCUT2D eigenvalue weighted by Crippen LogP contribution is 2.56. The van der Waals surface area contributed by atoms with Crippen molar-refractivity contribution < 1.29 is 0 Å². The van der Waals surface area contributed by atoms with Gasteiger partial charge in [-0.15, -0.1) is 0 Å². The molecule has 1 unspecified atom stereocenters. The van der Waals surface area contributed by atoms with Gasteiger partial charge in [-0.05, 0) is 38.1 Å². The third-order valence-electron chi connectivity index (χ3n) is 3.47. The predicted octanol–water partition coefficient (Wildman–Crippen LogP) is 1.54. The minimum atomic E-state index is 0.521. The lowest BCUT2D eigenvalue weighted by atomic mass is 9.76. The maximum Gasteiger partial charge on any atom is 0.0219 e. The Morgan fingerprint density at radius 2 is 1.67 bits per heavy atom. The zero-order chi connectivity index (χ0) is 6.54. The van der Waals surface area contributed by atoms with Gasteiger partial charge < -0.3 is 5.32 Å². The summed E-state index contributed by atoms with van der Waals surface area (Å²) in [6.07, 6.45) is 4.27. The van der Waals surface area contributed by atoms with Gasteiger partial charge in [-0.3, -0.25) is 0 Å². The van der Waals surface area contributed by atoms with E-state index in [2.05, 4.69) is 19.2 Å². The first-order valence-corrected chi connectivity index (χ1v) is 3.91. The summed E-state index contributed by atoms with van der Waals surface area (Å²) in [5, 5.41) is 3.52. The molecule has 0 bridgehead atoms. The minimum Gasteiger partial charge on any atom is -0.311 e. The van der Waals surface area contributed by atoms with Gasteiger partial charge >= 0.3 is 0 Å². The Kier molecular flexibility index (Phi) is 0.852. The molecule has 0 aromatic heterocycles. The van der Waals surface area contributed by atoms with Gasteiger partial charge in [0.25, 0.3) is 0 Å². The van der Waals surface area contributed by atoms with Crippen LogP contribution in [0.3, 0.4) is 0 Å². The maximum absolute atomic E-state index is 3.52. The SMILES string of the molecule is CC1(C2(C)CCN2)CC1. The second kappa shape index (κ2) is 1.34. The Morgan fingerprint density at radius 3 is 1.78 bits per heavy atom. The van der Waals surface area contributed by atoms with Crippen LogP contribution in [0.15, 0.2) is 0 Å². The Bertz CT molecular complexity index is 132. The highest BCUT2D eigenvalue weighted by molar-refractivity contribution is 5.12. The molecule has 0 spiro atoms. The van der Waals surface area contributed by atoms with Gasteiger partial charge in [0, 0.05) is 5.54 Å². The quantitative estimate of drug-likeness (QED) is 0.560. The Morgan fingerprint density at radius 1 is 1.11 bits per heavy atom. The fourth-order valence-electron chi connectivity index (χ4n) is 1.75. The van der Waals surface area contributed by atoms with E-state index >= 15 is 0 Å². The maximum atomic E-state index is 3.52. The molecule has 1 aliphatic carbocycles. The highest BCUT2D eigenvalue weighted by atomic mass is 15.1. The smallest absolute Gasteiger partial charge is 0.0219 e. The average molecular weight is 125 g/mol. The molecule has 1 nitrogen and oxygen atoms in total. The second-order valence-corrected chi connectivity index (χ2v) is 4.07. The molecule has 1 heteroatoms. The zero-order valence-corrected chi connectivity index (χ0v) is 6.33. The van der Waals surface area contributed by atoms with Crippen LogP contribution in [-0.2, 0) is 0 Å². The number of rotatable bonds is 1. The van der Waals surface area contributed by atoms with Crippen LogP contribution in [0.2, 0.25) is 0 Å². The molecule has 1 saturated heterocycles. The first-order valence-electron chi connectivity index (χ1n) is 3.91. The van der Waals surface area contributed by atoms with Crippen LogP contribution < -0.4 is 5.32 Å². The van der Waals surface area contributed by atoms with Crippen molar-refractivity contribution in [2.75, 3.05) is 6.54 Å². The molecular formula is C8H15N. The van der Waals surface area contributed by atoms with E-state index in [1.54, 1.807) is 0 Å². The van der Waals surface area contributed by atoms with Gasteiger partial charge in [0.05, 0.1) is 0 Å². The number of hydrogen-bond donors (Lipinski definition) is 1. The molecular weight excluding hydrogens is 110 g/mol. The average Bonchev–Trinajstić information content (AvgIpc) is 2.43. The van der Waals surface area contributed by atoms with Crippen LogP contribution in [0.25, 0.3) is 0 Å². The van der Waals surface area contributed by atoms with E-state index in [4.69, 9.17) is 0 Å². The normalized spacial score (nSPS) is 46.0. The van der Waals surface area contributed by atoms with Crippen LogP contribution in [-0.4, -0.2) is 12.1 Å². The van der Waals surface area contributed by atoms with E-state index in [-0.39, 0.29) is 0 Å². The van der Waals surface area contributed by atoms with Crippen molar-refractivity contribution in [3.05, 3.63) is 0 Å². The van der Waals surface area contributed by atoms with Crippen molar-refractivity contribution in [3.63, 3.8) is 0 Å². The van der Waals surface area contributed by atoms with Crippen LogP contribution in [0.1, 0.15) is 33.1 Å². The van der Waals surface area contributed by atoms with Gasteiger partial charge in [0.15, 0.2) is 0 Å². The molecule has 1 N–H and O–H groups in total. The standard InChI is InChI=1S/C8H15N/c1-7(3-4-7)8(2)5-6-9-8/h9H,3-6H2,1-2H3. The predicted molar refractivity (Wildman–Crippen MR) is 38.4 cm³/mol. The van der Waals surface area contributed by atoms with E-state index in [0.717, 1.165) is 0 Å². The van der Waals surface area contributed by atoms with Crippen molar-refractivity contribution >= 4 is 0 Å². The summed E-state index contributed by atoms with van der Waals surface area (Å²) < 4.78 is 0. The van der Waals surface area contributed by atoms with Gasteiger partial charge in [0.2, 0.25) is 0 Å². The summed E-state index contributed by atoms with van der Waals surface area (Å²) in [7, 11) is 0.